The van der Waals surface area contributed by atoms with Crippen molar-refractivity contribution in [1.82, 2.24) is 5.32 Å². The van der Waals surface area contributed by atoms with Crippen molar-refractivity contribution in [1.29, 1.82) is 0 Å². The maximum atomic E-state index is 3.72. The van der Waals surface area contributed by atoms with Gasteiger partial charge in [-0.15, -0.1) is 0 Å². The second-order valence-electron chi connectivity index (χ2n) is 6.19. The van der Waals surface area contributed by atoms with Crippen LogP contribution in [0.25, 0.3) is 0 Å². The van der Waals surface area contributed by atoms with E-state index in [1.165, 1.54) is 67.9 Å². The molecule has 1 N–H and O–H groups in total. The zero-order chi connectivity index (χ0) is 14.2. The largest absolute Gasteiger partial charge is 0.314 e. The summed E-state index contributed by atoms with van der Waals surface area (Å²) in [5, 5.41) is 3.72. The predicted octanol–water partition coefficient (Wildman–Crippen LogP) is 5.33. The SMILES string of the molecule is CCCCCCC(CNC1CC1)Cc1ccccc1Br. The van der Waals surface area contributed by atoms with Crippen molar-refractivity contribution in [3.8, 4) is 0 Å². The van der Waals surface area contributed by atoms with E-state index in [0.717, 1.165) is 12.0 Å². The van der Waals surface area contributed by atoms with Crippen molar-refractivity contribution in [2.45, 2.75) is 64.3 Å². The highest BCUT2D eigenvalue weighted by molar-refractivity contribution is 9.10. The summed E-state index contributed by atoms with van der Waals surface area (Å²) in [5.74, 6) is 0.783. The number of hydrogen-bond donors (Lipinski definition) is 1. The number of benzene rings is 1. The molecule has 2 heteroatoms. The van der Waals surface area contributed by atoms with Gasteiger partial charge in [-0.25, -0.2) is 0 Å². The van der Waals surface area contributed by atoms with Crippen LogP contribution >= 0.6 is 15.9 Å². The molecule has 2 rings (SSSR count). The molecule has 1 aliphatic carbocycles. The Morgan fingerprint density at radius 2 is 2.00 bits per heavy atom. The highest BCUT2D eigenvalue weighted by Gasteiger charge is 2.22. The first-order chi connectivity index (χ1) is 9.79. The van der Waals surface area contributed by atoms with Crippen LogP contribution in [0.1, 0.15) is 57.4 Å². The predicted molar refractivity (Wildman–Crippen MR) is 91.1 cm³/mol. The molecule has 0 heterocycles. The van der Waals surface area contributed by atoms with E-state index >= 15 is 0 Å². The van der Waals surface area contributed by atoms with Crippen LogP contribution in [-0.4, -0.2) is 12.6 Å². The van der Waals surface area contributed by atoms with Gasteiger partial charge in [0.1, 0.15) is 0 Å². The van der Waals surface area contributed by atoms with Crippen molar-refractivity contribution in [3.63, 3.8) is 0 Å². The van der Waals surface area contributed by atoms with E-state index in [4.69, 9.17) is 0 Å². The van der Waals surface area contributed by atoms with E-state index in [2.05, 4.69) is 52.4 Å². The number of hydrogen-bond acceptors (Lipinski definition) is 1. The molecule has 0 amide bonds. The molecule has 1 aromatic carbocycles. The van der Waals surface area contributed by atoms with Gasteiger partial charge >= 0.3 is 0 Å². The first kappa shape index (κ1) is 16.0. The third kappa shape index (κ3) is 5.97. The van der Waals surface area contributed by atoms with E-state index in [1.807, 2.05) is 0 Å². The Labute approximate surface area is 132 Å². The highest BCUT2D eigenvalue weighted by atomic mass is 79.9. The average molecular weight is 338 g/mol. The Bertz CT molecular complexity index is 387. The molecule has 0 bridgehead atoms. The number of unbranched alkanes of at least 4 members (excludes halogenated alkanes) is 3. The van der Waals surface area contributed by atoms with Gasteiger partial charge < -0.3 is 5.32 Å². The Hall–Kier alpha value is -0.340. The molecule has 1 nitrogen and oxygen atoms in total. The fraction of sp³-hybridized carbons (Fsp3) is 0.667. The smallest absolute Gasteiger partial charge is 0.0207 e. The molecular formula is C18H28BrN. The second kappa shape index (κ2) is 8.84. The summed E-state index contributed by atoms with van der Waals surface area (Å²) in [6.45, 7) is 3.48. The molecule has 1 aromatic rings. The first-order valence-corrected chi connectivity index (χ1v) is 9.05. The highest BCUT2D eigenvalue weighted by Crippen LogP contribution is 2.24. The maximum absolute atomic E-state index is 3.72. The Kier molecular flexibility index (Phi) is 7.09. The molecule has 1 unspecified atom stereocenters. The summed E-state index contributed by atoms with van der Waals surface area (Å²) in [6.07, 6.45) is 10.8. The summed E-state index contributed by atoms with van der Waals surface area (Å²) in [6, 6.07) is 9.51. The van der Waals surface area contributed by atoms with Crippen LogP contribution in [0.3, 0.4) is 0 Å². The number of halogens is 1. The van der Waals surface area contributed by atoms with E-state index in [-0.39, 0.29) is 0 Å². The van der Waals surface area contributed by atoms with Gasteiger partial charge in [0.25, 0.3) is 0 Å². The maximum Gasteiger partial charge on any atom is 0.0207 e. The Balaban J connectivity index is 1.81. The normalized spacial score (nSPS) is 16.3. The lowest BCUT2D eigenvalue weighted by atomic mass is 9.93. The summed E-state index contributed by atoms with van der Waals surface area (Å²) >= 11 is 3.69. The van der Waals surface area contributed by atoms with Gasteiger partial charge in [0.2, 0.25) is 0 Å². The minimum Gasteiger partial charge on any atom is -0.314 e. The molecule has 112 valence electrons. The second-order valence-corrected chi connectivity index (χ2v) is 7.05. The van der Waals surface area contributed by atoms with Gasteiger partial charge in [0, 0.05) is 10.5 Å². The van der Waals surface area contributed by atoms with Crippen LogP contribution in [-0.2, 0) is 6.42 Å². The topological polar surface area (TPSA) is 12.0 Å². The summed E-state index contributed by atoms with van der Waals surface area (Å²) in [7, 11) is 0. The van der Waals surface area contributed by atoms with E-state index in [9.17, 15) is 0 Å². The van der Waals surface area contributed by atoms with Crippen LogP contribution in [0.4, 0.5) is 0 Å². The molecule has 0 saturated heterocycles. The molecule has 1 saturated carbocycles. The molecule has 0 aromatic heterocycles. The molecule has 1 atom stereocenters. The lowest BCUT2D eigenvalue weighted by molar-refractivity contribution is 0.419. The lowest BCUT2D eigenvalue weighted by Gasteiger charge is -2.18. The molecule has 0 aliphatic heterocycles. The van der Waals surface area contributed by atoms with Gasteiger partial charge in [0.15, 0.2) is 0 Å². The Morgan fingerprint density at radius 3 is 2.70 bits per heavy atom. The van der Waals surface area contributed by atoms with Crippen molar-refractivity contribution in [2.75, 3.05) is 6.54 Å². The van der Waals surface area contributed by atoms with Gasteiger partial charge in [0.05, 0.1) is 0 Å². The summed E-state index contributed by atoms with van der Waals surface area (Å²) in [4.78, 5) is 0. The number of rotatable bonds is 10. The first-order valence-electron chi connectivity index (χ1n) is 8.26. The van der Waals surface area contributed by atoms with Crippen LogP contribution < -0.4 is 5.32 Å². The van der Waals surface area contributed by atoms with Crippen LogP contribution in [0.15, 0.2) is 28.7 Å². The third-order valence-corrected chi connectivity index (χ3v) is 4.98. The van der Waals surface area contributed by atoms with Crippen LogP contribution in [0.5, 0.6) is 0 Å². The van der Waals surface area contributed by atoms with Gasteiger partial charge in [-0.1, -0.05) is 66.7 Å². The van der Waals surface area contributed by atoms with Crippen molar-refractivity contribution >= 4 is 15.9 Å². The van der Waals surface area contributed by atoms with Gasteiger partial charge in [-0.05, 0) is 49.8 Å². The zero-order valence-corrected chi connectivity index (χ0v) is 14.3. The molecule has 20 heavy (non-hydrogen) atoms. The third-order valence-electron chi connectivity index (χ3n) is 4.20. The van der Waals surface area contributed by atoms with Crippen molar-refractivity contribution in [3.05, 3.63) is 34.3 Å². The standard InChI is InChI=1S/C18H28BrN/c1-2-3-4-5-8-15(14-20-17-11-12-17)13-16-9-6-7-10-18(16)19/h6-7,9-10,15,17,20H,2-5,8,11-14H2,1H3. The monoisotopic (exact) mass is 337 g/mol. The average Bonchev–Trinajstić information content (AvgIpc) is 3.27. The van der Waals surface area contributed by atoms with Crippen LogP contribution in [0.2, 0.25) is 0 Å². The fourth-order valence-corrected chi connectivity index (χ4v) is 3.18. The van der Waals surface area contributed by atoms with E-state index in [1.54, 1.807) is 0 Å². The quantitative estimate of drug-likeness (QED) is 0.569. The fourth-order valence-electron chi connectivity index (χ4n) is 2.73. The zero-order valence-electron chi connectivity index (χ0n) is 12.7. The molecule has 0 radical (unpaired) electrons. The van der Waals surface area contributed by atoms with Gasteiger partial charge in [-0.3, -0.25) is 0 Å². The summed E-state index contributed by atoms with van der Waals surface area (Å²) in [5.41, 5.74) is 1.46. The summed E-state index contributed by atoms with van der Waals surface area (Å²) < 4.78 is 1.27. The molecule has 0 spiro atoms. The van der Waals surface area contributed by atoms with Crippen molar-refractivity contribution in [2.24, 2.45) is 5.92 Å². The van der Waals surface area contributed by atoms with E-state index in [0.29, 0.717) is 0 Å². The molecule has 1 fully saturated rings. The van der Waals surface area contributed by atoms with E-state index < -0.39 is 0 Å². The molecule has 1 aliphatic rings. The lowest BCUT2D eigenvalue weighted by Crippen LogP contribution is -2.26. The number of nitrogens with one attached hydrogen (secondary N) is 1. The minimum atomic E-state index is 0.783. The van der Waals surface area contributed by atoms with Crippen molar-refractivity contribution < 1.29 is 0 Å². The minimum absolute atomic E-state index is 0.783. The Morgan fingerprint density at radius 1 is 1.20 bits per heavy atom. The molecular weight excluding hydrogens is 310 g/mol. The van der Waals surface area contributed by atoms with Gasteiger partial charge in [-0.2, -0.15) is 0 Å². The van der Waals surface area contributed by atoms with Crippen LogP contribution in [0, 0.1) is 5.92 Å².